The minimum atomic E-state index is -0.886. The molecule has 2 N–H and O–H groups in total. The normalized spacial score (nSPS) is 16.3. The van der Waals surface area contributed by atoms with E-state index < -0.39 is 6.02 Å². The number of fused-ring (bicyclic) bond motifs is 1. The van der Waals surface area contributed by atoms with Crippen molar-refractivity contribution in [2.45, 2.75) is 6.92 Å². The van der Waals surface area contributed by atoms with Crippen molar-refractivity contribution in [2.24, 2.45) is 15.9 Å². The van der Waals surface area contributed by atoms with Crippen LogP contribution in [-0.2, 0) is 21.7 Å². The summed E-state index contributed by atoms with van der Waals surface area (Å²) in [5.74, 6) is -0.131. The summed E-state index contributed by atoms with van der Waals surface area (Å²) >= 11 is 0. The van der Waals surface area contributed by atoms with Crippen LogP contribution < -0.4 is 15.9 Å². The Kier molecular flexibility index (Phi) is 12.3. The fourth-order valence-electron chi connectivity index (χ4n) is 2.35. The molecule has 2 aliphatic carbocycles. The van der Waals surface area contributed by atoms with Gasteiger partial charge in [-0.25, -0.2) is 0 Å². The van der Waals surface area contributed by atoms with E-state index in [1.54, 1.807) is 25.1 Å². The zero-order valence-electron chi connectivity index (χ0n) is 16.0. The SMILES string of the molecule is C/C(=N\N=C(/N)[O-])c1ccc2ccccc2c1[O-].[CH]1[CH][CH][CH][CH]1.[CH]1[CH][CH][CH][CH]1.[Ti+4]. The molecule has 2 aliphatic rings. The molecule has 0 atom stereocenters. The summed E-state index contributed by atoms with van der Waals surface area (Å²) in [6.07, 6.45) is 20.0. The zero-order valence-corrected chi connectivity index (χ0v) is 17.6. The Hall–Kier alpha value is -1.85. The summed E-state index contributed by atoms with van der Waals surface area (Å²) in [7, 11) is 0. The van der Waals surface area contributed by atoms with E-state index in [-0.39, 0.29) is 27.5 Å². The summed E-state index contributed by atoms with van der Waals surface area (Å²) in [4.78, 5) is 0. The Balaban J connectivity index is 0.000000311. The molecule has 2 aromatic carbocycles. The molecule has 6 heteroatoms. The number of amidine groups is 1. The molecular formula is C23H21N3O2Ti+2. The largest absolute Gasteiger partial charge is 4.00 e. The average molecular weight is 419 g/mol. The van der Waals surface area contributed by atoms with Crippen LogP contribution in [0.1, 0.15) is 12.5 Å². The van der Waals surface area contributed by atoms with E-state index in [1.165, 1.54) is 0 Å². The molecule has 2 saturated carbocycles. The summed E-state index contributed by atoms with van der Waals surface area (Å²) in [6.45, 7) is 1.61. The number of hydrogen-bond donors (Lipinski definition) is 1. The molecule has 4 rings (SSSR count). The van der Waals surface area contributed by atoms with Gasteiger partial charge in [-0.1, -0.05) is 42.1 Å². The van der Waals surface area contributed by atoms with Crippen molar-refractivity contribution in [1.29, 1.82) is 0 Å². The molecular weight excluding hydrogens is 398 g/mol. The fraction of sp³-hybridized carbons (Fsp3) is 0.0435. The van der Waals surface area contributed by atoms with E-state index in [9.17, 15) is 10.2 Å². The smallest absolute Gasteiger partial charge is 0.872 e. The molecule has 0 heterocycles. The topological polar surface area (TPSA) is 96.9 Å². The molecule has 2 fully saturated rings. The van der Waals surface area contributed by atoms with Crippen LogP contribution in [0.4, 0.5) is 0 Å². The third kappa shape index (κ3) is 9.01. The van der Waals surface area contributed by atoms with Gasteiger partial charge in [0.1, 0.15) is 0 Å². The molecule has 0 aromatic heterocycles. The number of rotatable bonds is 2. The van der Waals surface area contributed by atoms with Crippen molar-refractivity contribution in [3.05, 3.63) is 106 Å². The van der Waals surface area contributed by atoms with E-state index in [0.29, 0.717) is 16.7 Å². The van der Waals surface area contributed by atoms with Gasteiger partial charge in [0.05, 0.1) is 11.7 Å². The Morgan fingerprint density at radius 2 is 1.24 bits per heavy atom. The number of nitrogens with two attached hydrogens (primary N) is 1. The van der Waals surface area contributed by atoms with Gasteiger partial charge >= 0.3 is 21.7 Å². The second-order valence-electron chi connectivity index (χ2n) is 5.71. The predicted octanol–water partition coefficient (Wildman–Crippen LogP) is 2.35. The van der Waals surface area contributed by atoms with Crippen LogP contribution in [0.25, 0.3) is 10.8 Å². The Morgan fingerprint density at radius 3 is 1.72 bits per heavy atom. The quantitative estimate of drug-likeness (QED) is 0.350. The van der Waals surface area contributed by atoms with Crippen molar-refractivity contribution in [1.82, 2.24) is 0 Å². The van der Waals surface area contributed by atoms with Crippen LogP contribution in [0.15, 0.2) is 46.6 Å². The van der Waals surface area contributed by atoms with Gasteiger partial charge in [0.2, 0.25) is 0 Å². The van der Waals surface area contributed by atoms with Crippen LogP contribution in [0.2, 0.25) is 0 Å². The van der Waals surface area contributed by atoms with E-state index in [1.807, 2.05) is 82.4 Å². The van der Waals surface area contributed by atoms with Gasteiger partial charge in [0.15, 0.2) is 0 Å². The predicted molar refractivity (Wildman–Crippen MR) is 110 cm³/mol. The monoisotopic (exact) mass is 419 g/mol. The second kappa shape index (κ2) is 14.2. The Morgan fingerprint density at radius 1 is 0.759 bits per heavy atom. The van der Waals surface area contributed by atoms with E-state index in [2.05, 4.69) is 10.2 Å². The molecule has 0 aliphatic heterocycles. The summed E-state index contributed by atoms with van der Waals surface area (Å²) < 4.78 is 0. The van der Waals surface area contributed by atoms with E-state index in [0.717, 1.165) is 5.39 Å². The first-order chi connectivity index (χ1) is 13.6. The van der Waals surface area contributed by atoms with Gasteiger partial charge in [0, 0.05) is 0 Å². The molecule has 0 unspecified atom stereocenters. The summed E-state index contributed by atoms with van der Waals surface area (Å²) in [6, 6.07) is 9.89. The van der Waals surface area contributed by atoms with Crippen LogP contribution in [0.5, 0.6) is 5.75 Å². The summed E-state index contributed by atoms with van der Waals surface area (Å²) in [5, 5.41) is 31.0. The van der Waals surface area contributed by atoms with Crippen molar-refractivity contribution in [2.75, 3.05) is 0 Å². The van der Waals surface area contributed by atoms with Crippen molar-refractivity contribution in [3.63, 3.8) is 0 Å². The molecule has 2 aromatic rings. The minimum absolute atomic E-state index is 0. The molecule has 0 amide bonds. The molecule has 10 radical (unpaired) electrons. The van der Waals surface area contributed by atoms with Crippen LogP contribution in [0, 0.1) is 64.2 Å². The van der Waals surface area contributed by atoms with Crippen molar-refractivity contribution in [3.8, 4) is 5.75 Å². The maximum absolute atomic E-state index is 12.2. The van der Waals surface area contributed by atoms with Gasteiger partial charge in [-0.2, -0.15) is 5.10 Å². The second-order valence-corrected chi connectivity index (χ2v) is 5.71. The maximum Gasteiger partial charge on any atom is 4.00 e. The number of nitrogens with zero attached hydrogens (tertiary/aromatic N) is 2. The maximum atomic E-state index is 12.2. The van der Waals surface area contributed by atoms with Gasteiger partial charge in [0.25, 0.3) is 0 Å². The average Bonchev–Trinajstić information content (AvgIpc) is 3.45. The minimum Gasteiger partial charge on any atom is -0.872 e. The fourth-order valence-corrected chi connectivity index (χ4v) is 2.35. The molecule has 0 bridgehead atoms. The van der Waals surface area contributed by atoms with Crippen molar-refractivity contribution >= 4 is 22.5 Å². The van der Waals surface area contributed by atoms with Gasteiger partial charge in [-0.05, 0) is 87.5 Å². The van der Waals surface area contributed by atoms with Gasteiger partial charge < -0.3 is 15.9 Å². The molecule has 0 spiro atoms. The third-order valence-corrected chi connectivity index (χ3v) is 3.68. The first-order valence-corrected chi connectivity index (χ1v) is 8.67. The first kappa shape index (κ1) is 25.2. The number of benzene rings is 2. The molecule has 142 valence electrons. The molecule has 5 nitrogen and oxygen atoms in total. The Labute approximate surface area is 189 Å². The van der Waals surface area contributed by atoms with E-state index >= 15 is 0 Å². The van der Waals surface area contributed by atoms with Crippen LogP contribution in [0.3, 0.4) is 0 Å². The van der Waals surface area contributed by atoms with Gasteiger partial charge in [-0.3, -0.25) is 0 Å². The van der Waals surface area contributed by atoms with Crippen LogP contribution >= 0.6 is 0 Å². The van der Waals surface area contributed by atoms with Gasteiger partial charge in [-0.15, -0.1) is 5.10 Å². The molecule has 0 saturated heterocycles. The Bertz CT molecular complexity index is 769. The summed E-state index contributed by atoms with van der Waals surface area (Å²) in [5.41, 5.74) is 5.64. The first-order valence-electron chi connectivity index (χ1n) is 8.67. The third-order valence-electron chi connectivity index (χ3n) is 3.68. The standard InChI is InChI=1S/C13H13N3O2.2C5H5.Ti/c1-8(15-16-13(14)18)10-7-6-9-4-2-3-5-11(9)12(10)17;2*1-2-4-5-3-1;/h2-7,17H,1H3,(H3,14,16,18);2*1-5H;/q;;;+4/p-2/b15-8+;;;. The molecule has 29 heavy (non-hydrogen) atoms. The zero-order chi connectivity index (χ0) is 20.2. The van der Waals surface area contributed by atoms with Crippen LogP contribution in [-0.4, -0.2) is 11.7 Å². The van der Waals surface area contributed by atoms with Crippen molar-refractivity contribution < 1.29 is 31.9 Å². The number of hydrogen-bond acceptors (Lipinski definition) is 4. The van der Waals surface area contributed by atoms with E-state index in [4.69, 9.17) is 5.73 Å².